The van der Waals surface area contributed by atoms with Gasteiger partial charge in [0.1, 0.15) is 6.21 Å². The number of carbonyl (C=O) groups is 1. The van der Waals surface area contributed by atoms with Crippen LogP contribution >= 0.6 is 0 Å². The second-order valence-corrected chi connectivity index (χ2v) is 5.14. The number of benzene rings is 2. The standard InChI is InChI=1S/C17H15N5O3/c1-12-16(21-25-22(12)24)11-18-20-17(23)14-9-5-6-10-15(14)19-13-7-3-2-4-8-13/h2-11,19H,1H3,(H,20,23)/b18-11+. The van der Waals surface area contributed by atoms with Crippen LogP contribution in [0, 0.1) is 12.1 Å². The van der Waals surface area contributed by atoms with E-state index in [9.17, 15) is 10.0 Å². The third kappa shape index (κ3) is 3.81. The van der Waals surface area contributed by atoms with Crippen LogP contribution in [0.15, 0.2) is 64.3 Å². The number of aromatic nitrogens is 2. The number of amides is 1. The van der Waals surface area contributed by atoms with Crippen LogP contribution in [0.5, 0.6) is 0 Å². The molecule has 0 aliphatic carbocycles. The van der Waals surface area contributed by atoms with Crippen molar-refractivity contribution in [2.75, 3.05) is 5.32 Å². The molecule has 0 saturated carbocycles. The van der Waals surface area contributed by atoms with Crippen molar-refractivity contribution >= 4 is 23.5 Å². The summed E-state index contributed by atoms with van der Waals surface area (Å²) < 4.78 is 4.42. The lowest BCUT2D eigenvalue weighted by molar-refractivity contribution is -0.806. The summed E-state index contributed by atoms with van der Waals surface area (Å²) in [5.41, 5.74) is 4.85. The van der Waals surface area contributed by atoms with Crippen molar-refractivity contribution in [3.05, 3.63) is 76.8 Å². The quantitative estimate of drug-likeness (QED) is 0.421. The molecule has 0 fully saturated rings. The molecule has 0 aliphatic heterocycles. The minimum Gasteiger partial charge on any atom is -0.359 e. The summed E-state index contributed by atoms with van der Waals surface area (Å²) in [5, 5.41) is 21.6. The van der Waals surface area contributed by atoms with Crippen LogP contribution in [0.4, 0.5) is 11.4 Å². The van der Waals surface area contributed by atoms with Gasteiger partial charge in [-0.25, -0.2) is 5.43 Å². The van der Waals surface area contributed by atoms with Crippen LogP contribution in [0.2, 0.25) is 0 Å². The molecule has 0 spiro atoms. The first-order valence-electron chi connectivity index (χ1n) is 7.46. The van der Waals surface area contributed by atoms with Gasteiger partial charge in [0.2, 0.25) is 5.69 Å². The second-order valence-electron chi connectivity index (χ2n) is 5.14. The topological polar surface area (TPSA) is 106 Å². The Balaban J connectivity index is 1.73. The first kappa shape index (κ1) is 16.2. The van der Waals surface area contributed by atoms with E-state index in [0.717, 1.165) is 5.69 Å². The molecule has 3 aromatic rings. The predicted molar refractivity (Wildman–Crippen MR) is 91.4 cm³/mol. The van der Waals surface area contributed by atoms with Crippen molar-refractivity contribution in [3.63, 3.8) is 0 Å². The van der Waals surface area contributed by atoms with E-state index in [1.165, 1.54) is 13.1 Å². The van der Waals surface area contributed by atoms with E-state index in [1.807, 2.05) is 36.4 Å². The SMILES string of the molecule is Cc1c(/C=N/NC(=O)c2ccccc2Nc2ccccc2)no[n+]1[O-]. The van der Waals surface area contributed by atoms with E-state index in [2.05, 4.69) is 25.6 Å². The van der Waals surface area contributed by atoms with E-state index in [-0.39, 0.29) is 16.3 Å². The molecule has 2 N–H and O–H groups in total. The number of carbonyl (C=O) groups excluding carboxylic acids is 1. The number of rotatable bonds is 5. The molecule has 0 unspecified atom stereocenters. The highest BCUT2D eigenvalue weighted by atomic mass is 16.8. The molecule has 0 atom stereocenters. The Morgan fingerprint density at radius 2 is 1.92 bits per heavy atom. The molecule has 0 bridgehead atoms. The third-order valence-electron chi connectivity index (χ3n) is 3.44. The van der Waals surface area contributed by atoms with Gasteiger partial charge < -0.3 is 10.5 Å². The summed E-state index contributed by atoms with van der Waals surface area (Å²) in [6, 6.07) is 16.6. The summed E-state index contributed by atoms with van der Waals surface area (Å²) in [6.45, 7) is 1.53. The average molecular weight is 337 g/mol. The van der Waals surface area contributed by atoms with Crippen molar-refractivity contribution in [3.8, 4) is 0 Å². The van der Waals surface area contributed by atoms with Gasteiger partial charge in [0.05, 0.1) is 11.3 Å². The summed E-state index contributed by atoms with van der Waals surface area (Å²) >= 11 is 0. The van der Waals surface area contributed by atoms with E-state index < -0.39 is 5.91 Å². The monoisotopic (exact) mass is 337 g/mol. The Hall–Kier alpha value is -3.68. The van der Waals surface area contributed by atoms with Crippen LogP contribution in [-0.2, 0) is 0 Å². The Morgan fingerprint density at radius 3 is 2.64 bits per heavy atom. The maximum atomic E-state index is 12.4. The lowest BCUT2D eigenvalue weighted by Gasteiger charge is -2.10. The van der Waals surface area contributed by atoms with Crippen molar-refractivity contribution in [2.45, 2.75) is 6.92 Å². The van der Waals surface area contributed by atoms with Crippen LogP contribution in [-0.4, -0.2) is 17.3 Å². The summed E-state index contributed by atoms with van der Waals surface area (Å²) in [7, 11) is 0. The smallest absolute Gasteiger partial charge is 0.273 e. The van der Waals surface area contributed by atoms with E-state index in [1.54, 1.807) is 18.2 Å². The van der Waals surface area contributed by atoms with Crippen LogP contribution in [0.1, 0.15) is 21.7 Å². The molecule has 2 aromatic carbocycles. The van der Waals surface area contributed by atoms with E-state index in [4.69, 9.17) is 0 Å². The molecular formula is C17H15N5O3. The van der Waals surface area contributed by atoms with Gasteiger partial charge in [-0.2, -0.15) is 5.10 Å². The molecule has 1 heterocycles. The Bertz CT molecular complexity index is 906. The molecule has 126 valence electrons. The average Bonchev–Trinajstić information content (AvgIpc) is 2.95. The Kier molecular flexibility index (Phi) is 4.70. The molecule has 8 nitrogen and oxygen atoms in total. The van der Waals surface area contributed by atoms with Gasteiger partial charge in [0, 0.05) is 17.8 Å². The number of hydrogen-bond acceptors (Lipinski definition) is 6. The van der Waals surface area contributed by atoms with Gasteiger partial charge in [-0.1, -0.05) is 30.3 Å². The molecular weight excluding hydrogens is 322 g/mol. The van der Waals surface area contributed by atoms with Crippen LogP contribution in [0.25, 0.3) is 0 Å². The minimum absolute atomic E-state index is 0.242. The fourth-order valence-corrected chi connectivity index (χ4v) is 2.10. The molecule has 1 aromatic heterocycles. The highest BCUT2D eigenvalue weighted by Crippen LogP contribution is 2.20. The van der Waals surface area contributed by atoms with E-state index in [0.29, 0.717) is 11.3 Å². The Morgan fingerprint density at radius 1 is 1.20 bits per heavy atom. The normalized spacial score (nSPS) is 10.8. The summed E-state index contributed by atoms with van der Waals surface area (Å²) in [5.74, 6) is -0.397. The van der Waals surface area contributed by atoms with E-state index >= 15 is 0 Å². The number of para-hydroxylation sites is 2. The molecule has 1 amide bonds. The number of hydrazone groups is 1. The lowest BCUT2D eigenvalue weighted by Crippen LogP contribution is -2.26. The zero-order chi connectivity index (χ0) is 17.6. The summed E-state index contributed by atoms with van der Waals surface area (Å²) in [4.78, 5) is 12.6. The second kappa shape index (κ2) is 7.26. The van der Waals surface area contributed by atoms with Gasteiger partial charge in [-0.05, 0) is 29.2 Å². The largest absolute Gasteiger partial charge is 0.359 e. The maximum Gasteiger partial charge on any atom is 0.273 e. The molecule has 0 aliphatic rings. The van der Waals surface area contributed by atoms with Crippen molar-refractivity contribution in [1.82, 2.24) is 10.6 Å². The van der Waals surface area contributed by atoms with Crippen molar-refractivity contribution in [2.24, 2.45) is 5.10 Å². The van der Waals surface area contributed by atoms with Crippen molar-refractivity contribution in [1.29, 1.82) is 0 Å². The summed E-state index contributed by atoms with van der Waals surface area (Å²) in [6.07, 6.45) is 1.25. The number of hydrogen-bond donors (Lipinski definition) is 2. The molecule has 25 heavy (non-hydrogen) atoms. The lowest BCUT2D eigenvalue weighted by atomic mass is 10.1. The number of anilines is 2. The Labute approximate surface area is 143 Å². The van der Waals surface area contributed by atoms with Gasteiger partial charge in [-0.15, -0.1) is 0 Å². The van der Waals surface area contributed by atoms with Crippen LogP contribution < -0.4 is 15.6 Å². The highest BCUT2D eigenvalue weighted by molar-refractivity contribution is 6.00. The fourth-order valence-electron chi connectivity index (χ4n) is 2.10. The molecule has 0 saturated heterocycles. The molecule has 3 rings (SSSR count). The predicted octanol–water partition coefficient (Wildman–Crippen LogP) is 2.12. The first-order valence-corrected chi connectivity index (χ1v) is 7.46. The van der Waals surface area contributed by atoms with Gasteiger partial charge >= 0.3 is 0 Å². The molecule has 8 heteroatoms. The zero-order valence-electron chi connectivity index (χ0n) is 13.3. The molecule has 0 radical (unpaired) electrons. The van der Waals surface area contributed by atoms with Crippen LogP contribution in [0.3, 0.4) is 0 Å². The first-order chi connectivity index (χ1) is 12.1. The van der Waals surface area contributed by atoms with Gasteiger partial charge in [-0.3, -0.25) is 9.42 Å². The highest BCUT2D eigenvalue weighted by Gasteiger charge is 2.13. The van der Waals surface area contributed by atoms with Crippen molar-refractivity contribution < 1.29 is 14.3 Å². The van der Waals surface area contributed by atoms with Gasteiger partial charge in [0.15, 0.2) is 0 Å². The fraction of sp³-hybridized carbons (Fsp3) is 0.0588. The van der Waals surface area contributed by atoms with Gasteiger partial charge in [0.25, 0.3) is 11.6 Å². The third-order valence-corrected chi connectivity index (χ3v) is 3.44. The number of nitrogens with one attached hydrogen (secondary N) is 2. The zero-order valence-corrected chi connectivity index (χ0v) is 13.3. The maximum absolute atomic E-state index is 12.4. The number of nitrogens with zero attached hydrogens (tertiary/aromatic N) is 3. The minimum atomic E-state index is -0.397.